The Balaban J connectivity index is 2.98. The third kappa shape index (κ3) is 5.28. The van der Waals surface area contributed by atoms with Crippen molar-refractivity contribution in [1.82, 2.24) is 9.62 Å². The van der Waals surface area contributed by atoms with Gasteiger partial charge in [0, 0.05) is 19.2 Å². The van der Waals surface area contributed by atoms with Gasteiger partial charge in [-0.15, -0.1) is 0 Å². The predicted molar refractivity (Wildman–Crippen MR) is 74.3 cm³/mol. The zero-order chi connectivity index (χ0) is 16.4. The Hall–Kier alpha value is -0.580. The number of nitrogens with one attached hydrogen (secondary N) is 1. The van der Waals surface area contributed by atoms with E-state index in [9.17, 15) is 21.6 Å². The molecule has 0 amide bonds. The van der Waals surface area contributed by atoms with E-state index in [1.165, 1.54) is 6.07 Å². The topological polar surface area (TPSA) is 62.6 Å². The molecular formula is C11H16BrF3N2O3S. The Labute approximate surface area is 129 Å². The van der Waals surface area contributed by atoms with Gasteiger partial charge in [-0.05, 0) is 15.9 Å². The molecule has 122 valence electrons. The van der Waals surface area contributed by atoms with Gasteiger partial charge in [-0.2, -0.15) is 17.5 Å². The quantitative estimate of drug-likeness (QED) is 0.808. The predicted octanol–water partition coefficient (Wildman–Crippen LogP) is 2.72. The number of nitrogens with zero attached hydrogens (tertiary/aromatic N) is 1. The summed E-state index contributed by atoms with van der Waals surface area (Å²) in [4.78, 5) is -0.324. The highest BCUT2D eigenvalue weighted by Gasteiger charge is 2.36. The van der Waals surface area contributed by atoms with Gasteiger partial charge in [-0.25, -0.2) is 8.42 Å². The van der Waals surface area contributed by atoms with E-state index in [0.717, 1.165) is 7.05 Å². The zero-order valence-corrected chi connectivity index (χ0v) is 14.1. The van der Waals surface area contributed by atoms with Crippen molar-refractivity contribution in [2.24, 2.45) is 0 Å². The van der Waals surface area contributed by atoms with Gasteiger partial charge < -0.3 is 9.73 Å². The summed E-state index contributed by atoms with van der Waals surface area (Å²) in [6.07, 6.45) is -4.61. The molecule has 0 spiro atoms. The van der Waals surface area contributed by atoms with E-state index in [1.807, 2.05) is 13.8 Å². The SMILES string of the molecule is CC(C)NCc1cc(S(=O)(=O)N(C)CC(F)(F)F)c(Br)o1. The van der Waals surface area contributed by atoms with Crippen LogP contribution < -0.4 is 5.32 Å². The second-order valence-electron chi connectivity index (χ2n) is 4.76. The van der Waals surface area contributed by atoms with E-state index in [0.29, 0.717) is 5.76 Å². The fraction of sp³-hybridized carbons (Fsp3) is 0.636. The monoisotopic (exact) mass is 392 g/mol. The molecular weight excluding hydrogens is 377 g/mol. The smallest absolute Gasteiger partial charge is 0.402 e. The first-order valence-corrected chi connectivity index (χ1v) is 8.21. The molecule has 1 aromatic rings. The van der Waals surface area contributed by atoms with Crippen LogP contribution in [0, 0.1) is 0 Å². The number of hydrogen-bond acceptors (Lipinski definition) is 4. The Morgan fingerprint density at radius 1 is 1.43 bits per heavy atom. The highest BCUT2D eigenvalue weighted by Crippen LogP contribution is 2.29. The second kappa shape index (κ2) is 6.67. The molecule has 0 unspecified atom stereocenters. The van der Waals surface area contributed by atoms with Crippen molar-refractivity contribution in [1.29, 1.82) is 0 Å². The molecule has 10 heteroatoms. The Bertz CT molecular complexity index is 584. The maximum Gasteiger partial charge on any atom is 0.402 e. The van der Waals surface area contributed by atoms with E-state index in [-0.39, 0.29) is 26.5 Å². The van der Waals surface area contributed by atoms with E-state index in [2.05, 4.69) is 21.2 Å². The van der Waals surface area contributed by atoms with Crippen LogP contribution in [-0.4, -0.2) is 38.5 Å². The van der Waals surface area contributed by atoms with Crippen molar-refractivity contribution in [3.05, 3.63) is 16.5 Å². The molecule has 0 aliphatic heterocycles. The maximum absolute atomic E-state index is 12.3. The highest BCUT2D eigenvalue weighted by atomic mass is 79.9. The number of hydrogen-bond donors (Lipinski definition) is 1. The molecule has 0 aliphatic rings. The standard InChI is InChI=1S/C11H16BrF3N2O3S/c1-7(2)16-5-8-4-9(10(12)20-8)21(18,19)17(3)6-11(13,14)15/h4,7,16H,5-6H2,1-3H3. The molecule has 0 aromatic carbocycles. The lowest BCUT2D eigenvalue weighted by Gasteiger charge is -2.17. The Morgan fingerprint density at radius 2 is 2.00 bits per heavy atom. The molecule has 0 atom stereocenters. The summed E-state index contributed by atoms with van der Waals surface area (Å²) in [5.41, 5.74) is 0. The van der Waals surface area contributed by atoms with Crippen LogP contribution in [0.3, 0.4) is 0 Å². The summed E-state index contributed by atoms with van der Waals surface area (Å²) in [6.45, 7) is 2.50. The first-order chi connectivity index (χ1) is 9.43. The minimum Gasteiger partial charge on any atom is -0.452 e. The molecule has 0 bridgehead atoms. The lowest BCUT2D eigenvalue weighted by Crippen LogP contribution is -2.35. The van der Waals surface area contributed by atoms with Gasteiger partial charge in [0.2, 0.25) is 10.0 Å². The average molecular weight is 393 g/mol. The first-order valence-electron chi connectivity index (χ1n) is 5.98. The fourth-order valence-electron chi connectivity index (χ4n) is 1.47. The summed E-state index contributed by atoms with van der Waals surface area (Å²) < 4.78 is 66.5. The summed E-state index contributed by atoms with van der Waals surface area (Å²) in [7, 11) is -3.41. The van der Waals surface area contributed by atoms with Crippen molar-refractivity contribution in [3.63, 3.8) is 0 Å². The maximum atomic E-state index is 12.3. The molecule has 1 heterocycles. The lowest BCUT2D eigenvalue weighted by molar-refractivity contribution is -0.134. The van der Waals surface area contributed by atoms with Crippen molar-refractivity contribution < 1.29 is 26.0 Å². The Kier molecular flexibility index (Phi) is 5.87. The molecule has 0 radical (unpaired) electrons. The molecule has 21 heavy (non-hydrogen) atoms. The number of rotatable bonds is 6. The lowest BCUT2D eigenvalue weighted by atomic mass is 10.3. The minimum atomic E-state index is -4.61. The molecule has 1 N–H and O–H groups in total. The van der Waals surface area contributed by atoms with E-state index >= 15 is 0 Å². The minimum absolute atomic E-state index is 0.114. The summed E-state index contributed by atoms with van der Waals surface area (Å²) >= 11 is 2.93. The number of sulfonamides is 1. The van der Waals surface area contributed by atoms with Crippen molar-refractivity contribution in [2.45, 2.75) is 37.5 Å². The third-order valence-corrected chi connectivity index (χ3v) is 5.14. The molecule has 0 fully saturated rings. The Morgan fingerprint density at radius 3 is 2.48 bits per heavy atom. The van der Waals surface area contributed by atoms with Gasteiger partial charge in [0.05, 0.1) is 6.54 Å². The second-order valence-corrected chi connectivity index (χ2v) is 7.50. The molecule has 0 aliphatic carbocycles. The van der Waals surface area contributed by atoms with Crippen LogP contribution in [0.5, 0.6) is 0 Å². The van der Waals surface area contributed by atoms with E-state index in [1.54, 1.807) is 0 Å². The molecule has 1 rings (SSSR count). The number of furan rings is 1. The molecule has 0 saturated carbocycles. The van der Waals surface area contributed by atoms with Gasteiger partial charge in [0.1, 0.15) is 17.2 Å². The average Bonchev–Trinajstić information content (AvgIpc) is 2.66. The van der Waals surface area contributed by atoms with E-state index < -0.39 is 22.7 Å². The fourth-order valence-corrected chi connectivity index (χ4v) is 3.58. The van der Waals surface area contributed by atoms with Crippen molar-refractivity contribution in [3.8, 4) is 0 Å². The summed E-state index contributed by atoms with van der Waals surface area (Å²) in [6, 6.07) is 1.36. The van der Waals surface area contributed by atoms with Crippen molar-refractivity contribution in [2.75, 3.05) is 13.6 Å². The largest absolute Gasteiger partial charge is 0.452 e. The third-order valence-electron chi connectivity index (χ3n) is 2.48. The highest BCUT2D eigenvalue weighted by molar-refractivity contribution is 9.10. The summed E-state index contributed by atoms with van der Waals surface area (Å²) in [5, 5.41) is 3.02. The normalized spacial score (nSPS) is 13.4. The first kappa shape index (κ1) is 18.5. The van der Waals surface area contributed by atoms with E-state index in [4.69, 9.17) is 4.42 Å². The van der Waals surface area contributed by atoms with Gasteiger partial charge in [0.15, 0.2) is 4.67 Å². The van der Waals surface area contributed by atoms with Crippen LogP contribution in [0.1, 0.15) is 19.6 Å². The molecule has 1 aromatic heterocycles. The molecule has 5 nitrogen and oxygen atoms in total. The van der Waals surface area contributed by atoms with Crippen LogP contribution in [0.15, 0.2) is 20.0 Å². The van der Waals surface area contributed by atoms with Crippen LogP contribution >= 0.6 is 15.9 Å². The van der Waals surface area contributed by atoms with Crippen LogP contribution in [0.4, 0.5) is 13.2 Å². The van der Waals surface area contributed by atoms with Crippen molar-refractivity contribution >= 4 is 26.0 Å². The number of alkyl halides is 3. The number of halogens is 4. The zero-order valence-electron chi connectivity index (χ0n) is 11.7. The van der Waals surface area contributed by atoms with Gasteiger partial charge in [-0.1, -0.05) is 13.8 Å². The van der Waals surface area contributed by atoms with Crippen LogP contribution in [0.25, 0.3) is 0 Å². The van der Waals surface area contributed by atoms with Crippen LogP contribution in [-0.2, 0) is 16.6 Å². The molecule has 0 saturated heterocycles. The summed E-state index contributed by atoms with van der Waals surface area (Å²) in [5.74, 6) is 0.314. The van der Waals surface area contributed by atoms with Gasteiger partial charge in [0.25, 0.3) is 0 Å². The van der Waals surface area contributed by atoms with Gasteiger partial charge in [-0.3, -0.25) is 0 Å². The van der Waals surface area contributed by atoms with Gasteiger partial charge >= 0.3 is 6.18 Å². The van der Waals surface area contributed by atoms with Crippen LogP contribution in [0.2, 0.25) is 0 Å².